The number of nitrogens with one attached hydrogen (secondary N) is 1. The largest absolute Gasteiger partial charge is 0.389 e. The van der Waals surface area contributed by atoms with Crippen LogP contribution in [0.25, 0.3) is 0 Å². The third-order valence-electron chi connectivity index (χ3n) is 2.31. The van der Waals surface area contributed by atoms with Crippen LogP contribution in [0.2, 0.25) is 0 Å². The molecule has 0 bridgehead atoms. The first kappa shape index (κ1) is 15.2. The van der Waals surface area contributed by atoms with Crippen molar-refractivity contribution in [1.29, 1.82) is 0 Å². The van der Waals surface area contributed by atoms with Crippen LogP contribution in [-0.2, 0) is 4.79 Å². The molecule has 0 aliphatic rings. The van der Waals surface area contributed by atoms with Gasteiger partial charge < -0.3 is 10.2 Å². The molecular formula is C10H19F3N2O. The smallest absolute Gasteiger partial charge is 0.345 e. The van der Waals surface area contributed by atoms with Crippen LogP contribution >= 0.6 is 0 Å². The zero-order chi connectivity index (χ0) is 12.8. The van der Waals surface area contributed by atoms with Crippen molar-refractivity contribution < 1.29 is 18.0 Å². The summed E-state index contributed by atoms with van der Waals surface area (Å²) in [5, 5.41) is 2.78. The second-order valence-electron chi connectivity index (χ2n) is 3.75. The maximum Gasteiger partial charge on any atom is 0.389 e. The highest BCUT2D eigenvalue weighted by Crippen LogP contribution is 2.20. The highest BCUT2D eigenvalue weighted by atomic mass is 19.4. The Balaban J connectivity index is 3.73. The van der Waals surface area contributed by atoms with Crippen LogP contribution in [0, 0.1) is 0 Å². The van der Waals surface area contributed by atoms with E-state index in [1.54, 1.807) is 14.0 Å². The maximum atomic E-state index is 11.8. The Morgan fingerprint density at radius 1 is 1.44 bits per heavy atom. The standard InChI is InChI=1S/C10H19F3N2O/c1-4-15(3)9(16)8(2)14-7-5-6-10(11,12)13/h8,14H,4-7H2,1-3H3. The molecular weight excluding hydrogens is 221 g/mol. The quantitative estimate of drug-likeness (QED) is 0.718. The molecule has 0 saturated carbocycles. The molecule has 1 amide bonds. The summed E-state index contributed by atoms with van der Waals surface area (Å²) in [7, 11) is 1.66. The van der Waals surface area contributed by atoms with E-state index in [4.69, 9.17) is 0 Å². The molecule has 0 rings (SSSR count). The minimum absolute atomic E-state index is 0.00302. The Hall–Kier alpha value is -0.780. The number of alkyl halides is 3. The summed E-state index contributed by atoms with van der Waals surface area (Å²) in [6.45, 7) is 4.29. The molecule has 0 aliphatic heterocycles. The zero-order valence-electron chi connectivity index (χ0n) is 9.90. The van der Waals surface area contributed by atoms with Gasteiger partial charge in [-0.05, 0) is 26.8 Å². The molecule has 1 N–H and O–H groups in total. The Bertz CT molecular complexity index is 219. The molecule has 3 nitrogen and oxygen atoms in total. The van der Waals surface area contributed by atoms with Crippen LogP contribution < -0.4 is 5.32 Å². The Morgan fingerprint density at radius 3 is 2.44 bits per heavy atom. The van der Waals surface area contributed by atoms with Gasteiger partial charge >= 0.3 is 6.18 Å². The molecule has 0 aromatic carbocycles. The van der Waals surface area contributed by atoms with Gasteiger partial charge in [0, 0.05) is 20.0 Å². The molecule has 0 radical (unpaired) electrons. The van der Waals surface area contributed by atoms with Crippen molar-refractivity contribution in [2.24, 2.45) is 0 Å². The second kappa shape index (κ2) is 6.73. The van der Waals surface area contributed by atoms with E-state index in [1.165, 1.54) is 4.90 Å². The summed E-state index contributed by atoms with van der Waals surface area (Å²) in [5.74, 6) is -0.102. The number of nitrogens with zero attached hydrogens (tertiary/aromatic N) is 1. The van der Waals surface area contributed by atoms with Crippen LogP contribution in [0.4, 0.5) is 13.2 Å². The van der Waals surface area contributed by atoms with Crippen molar-refractivity contribution in [2.45, 2.75) is 38.9 Å². The van der Waals surface area contributed by atoms with Gasteiger partial charge in [0.15, 0.2) is 0 Å². The van der Waals surface area contributed by atoms with Gasteiger partial charge in [-0.15, -0.1) is 0 Å². The molecule has 0 aromatic rings. The fourth-order valence-electron chi connectivity index (χ4n) is 1.18. The first-order valence-corrected chi connectivity index (χ1v) is 5.33. The summed E-state index contributed by atoms with van der Waals surface area (Å²) in [4.78, 5) is 13.0. The van der Waals surface area contributed by atoms with Crippen LogP contribution in [0.3, 0.4) is 0 Å². The van der Waals surface area contributed by atoms with Gasteiger partial charge in [0.1, 0.15) is 0 Å². The Morgan fingerprint density at radius 2 is 2.00 bits per heavy atom. The summed E-state index contributed by atoms with van der Waals surface area (Å²) < 4.78 is 35.5. The molecule has 96 valence electrons. The summed E-state index contributed by atoms with van der Waals surface area (Å²) >= 11 is 0. The van der Waals surface area contributed by atoms with Gasteiger partial charge in [-0.2, -0.15) is 13.2 Å². The molecule has 0 fully saturated rings. The van der Waals surface area contributed by atoms with Crippen molar-refractivity contribution in [2.75, 3.05) is 20.1 Å². The molecule has 0 saturated heterocycles. The van der Waals surface area contributed by atoms with E-state index in [9.17, 15) is 18.0 Å². The minimum atomic E-state index is -4.12. The van der Waals surface area contributed by atoms with E-state index >= 15 is 0 Å². The predicted octanol–water partition coefficient (Wildman–Crippen LogP) is 1.79. The molecule has 0 aliphatic carbocycles. The zero-order valence-corrected chi connectivity index (χ0v) is 9.90. The van der Waals surface area contributed by atoms with E-state index in [2.05, 4.69) is 5.32 Å². The predicted molar refractivity (Wildman–Crippen MR) is 56.1 cm³/mol. The Kier molecular flexibility index (Phi) is 6.40. The van der Waals surface area contributed by atoms with Gasteiger partial charge in [0.25, 0.3) is 0 Å². The monoisotopic (exact) mass is 240 g/mol. The molecule has 0 aromatic heterocycles. The van der Waals surface area contributed by atoms with Crippen LogP contribution in [0.1, 0.15) is 26.7 Å². The SMILES string of the molecule is CCN(C)C(=O)C(C)NCCCC(F)(F)F. The van der Waals surface area contributed by atoms with E-state index < -0.39 is 18.6 Å². The number of rotatable bonds is 6. The van der Waals surface area contributed by atoms with Crippen molar-refractivity contribution in [3.05, 3.63) is 0 Å². The fraction of sp³-hybridized carbons (Fsp3) is 0.900. The highest BCUT2D eigenvalue weighted by Gasteiger charge is 2.26. The van der Waals surface area contributed by atoms with Gasteiger partial charge in [0.2, 0.25) is 5.91 Å². The minimum Gasteiger partial charge on any atom is -0.345 e. The molecule has 16 heavy (non-hydrogen) atoms. The van der Waals surface area contributed by atoms with Crippen LogP contribution in [0.15, 0.2) is 0 Å². The van der Waals surface area contributed by atoms with E-state index in [1.807, 2.05) is 6.92 Å². The topological polar surface area (TPSA) is 32.3 Å². The van der Waals surface area contributed by atoms with Crippen molar-refractivity contribution in [1.82, 2.24) is 10.2 Å². The number of hydrogen-bond acceptors (Lipinski definition) is 2. The lowest BCUT2D eigenvalue weighted by atomic mass is 10.2. The van der Waals surface area contributed by atoms with E-state index in [0.29, 0.717) is 6.54 Å². The van der Waals surface area contributed by atoms with E-state index in [-0.39, 0.29) is 18.9 Å². The maximum absolute atomic E-state index is 11.8. The lowest BCUT2D eigenvalue weighted by Crippen LogP contribution is -2.43. The normalized spacial score (nSPS) is 13.6. The number of likely N-dealkylation sites (N-methyl/N-ethyl adjacent to an activating group) is 1. The highest BCUT2D eigenvalue weighted by molar-refractivity contribution is 5.81. The number of carbonyl (C=O) groups is 1. The fourth-order valence-corrected chi connectivity index (χ4v) is 1.18. The first-order valence-electron chi connectivity index (χ1n) is 5.33. The average Bonchev–Trinajstić information content (AvgIpc) is 2.20. The number of amides is 1. The molecule has 1 unspecified atom stereocenters. The summed E-state index contributed by atoms with van der Waals surface area (Å²) in [6, 6.07) is -0.432. The van der Waals surface area contributed by atoms with Crippen molar-refractivity contribution in [3.8, 4) is 0 Å². The lowest BCUT2D eigenvalue weighted by Gasteiger charge is -2.20. The molecule has 1 atom stereocenters. The first-order chi connectivity index (χ1) is 7.28. The average molecular weight is 240 g/mol. The number of carbonyl (C=O) groups excluding carboxylic acids is 1. The van der Waals surface area contributed by atoms with Crippen molar-refractivity contribution >= 4 is 5.91 Å². The number of halogens is 3. The third-order valence-corrected chi connectivity index (χ3v) is 2.31. The van der Waals surface area contributed by atoms with Gasteiger partial charge in [0.05, 0.1) is 6.04 Å². The van der Waals surface area contributed by atoms with E-state index in [0.717, 1.165) is 0 Å². The molecule has 0 heterocycles. The lowest BCUT2D eigenvalue weighted by molar-refractivity contribution is -0.135. The van der Waals surface area contributed by atoms with Gasteiger partial charge in [-0.1, -0.05) is 0 Å². The molecule has 0 spiro atoms. The summed E-state index contributed by atoms with van der Waals surface area (Å²) in [5.41, 5.74) is 0. The van der Waals surface area contributed by atoms with Gasteiger partial charge in [-0.3, -0.25) is 4.79 Å². The van der Waals surface area contributed by atoms with Crippen LogP contribution in [-0.4, -0.2) is 43.2 Å². The van der Waals surface area contributed by atoms with Crippen LogP contribution in [0.5, 0.6) is 0 Å². The Labute approximate surface area is 94.0 Å². The number of hydrogen-bond donors (Lipinski definition) is 1. The van der Waals surface area contributed by atoms with Crippen molar-refractivity contribution in [3.63, 3.8) is 0 Å². The third kappa shape index (κ3) is 6.66. The summed E-state index contributed by atoms with van der Waals surface area (Å²) in [6.07, 6.45) is -4.93. The second-order valence-corrected chi connectivity index (χ2v) is 3.75. The molecule has 6 heteroatoms. The van der Waals surface area contributed by atoms with Gasteiger partial charge in [-0.25, -0.2) is 0 Å².